The summed E-state index contributed by atoms with van der Waals surface area (Å²) in [5, 5.41) is 14.2. The number of amides is 3. The van der Waals surface area contributed by atoms with Crippen LogP contribution in [0.3, 0.4) is 0 Å². The molecule has 1 N–H and O–H groups in total. The van der Waals surface area contributed by atoms with Crippen LogP contribution in [0.2, 0.25) is 0 Å². The number of rotatable bonds is 6. The summed E-state index contributed by atoms with van der Waals surface area (Å²) < 4.78 is 30.3. The van der Waals surface area contributed by atoms with Crippen molar-refractivity contribution in [2.75, 3.05) is 0 Å². The van der Waals surface area contributed by atoms with Crippen molar-refractivity contribution in [2.24, 2.45) is 0 Å². The zero-order valence-electron chi connectivity index (χ0n) is 16.6. The van der Waals surface area contributed by atoms with E-state index in [-0.39, 0.29) is 18.1 Å². The summed E-state index contributed by atoms with van der Waals surface area (Å²) in [6.45, 7) is 0.413. The van der Waals surface area contributed by atoms with E-state index in [1.165, 1.54) is 28.9 Å². The molecule has 160 valence electrons. The van der Waals surface area contributed by atoms with Crippen LogP contribution in [0, 0.1) is 6.92 Å². The zero-order valence-corrected chi connectivity index (χ0v) is 16.6. The number of halogens is 2. The highest BCUT2D eigenvalue weighted by Crippen LogP contribution is 2.31. The fourth-order valence-corrected chi connectivity index (χ4v) is 3.57. The van der Waals surface area contributed by atoms with Crippen molar-refractivity contribution < 1.29 is 23.1 Å². The van der Waals surface area contributed by atoms with Crippen LogP contribution in [0.15, 0.2) is 48.5 Å². The van der Waals surface area contributed by atoms with Gasteiger partial charge in [0.25, 0.3) is 5.91 Å². The molecule has 4 rings (SSSR count). The first-order chi connectivity index (χ1) is 14.8. The maximum absolute atomic E-state index is 13.2. The van der Waals surface area contributed by atoms with Crippen LogP contribution in [0.5, 0.6) is 5.75 Å². The number of aromatic nitrogens is 4. The van der Waals surface area contributed by atoms with Crippen LogP contribution in [0.1, 0.15) is 23.9 Å². The number of alkyl halides is 2. The fourth-order valence-electron chi connectivity index (χ4n) is 3.57. The fraction of sp³-hybridized carbons (Fsp3) is 0.250. The van der Waals surface area contributed by atoms with Crippen molar-refractivity contribution >= 4 is 11.9 Å². The van der Waals surface area contributed by atoms with Crippen molar-refractivity contribution in [1.29, 1.82) is 0 Å². The van der Waals surface area contributed by atoms with Gasteiger partial charge in [-0.2, -0.15) is 13.5 Å². The lowest BCUT2D eigenvalue weighted by atomic mass is 9.88. The Labute approximate surface area is 175 Å². The number of ether oxygens (including phenoxy) is 1. The van der Waals surface area contributed by atoms with Crippen LogP contribution >= 0.6 is 0 Å². The van der Waals surface area contributed by atoms with E-state index in [0.29, 0.717) is 11.3 Å². The molecule has 3 aromatic rings. The second-order valence-electron chi connectivity index (χ2n) is 7.14. The van der Waals surface area contributed by atoms with Gasteiger partial charge in [-0.25, -0.2) is 4.79 Å². The first kappa shape index (κ1) is 20.4. The summed E-state index contributed by atoms with van der Waals surface area (Å²) in [5.41, 5.74) is 0.812. The molecule has 0 radical (unpaired) electrons. The van der Waals surface area contributed by atoms with Gasteiger partial charge >= 0.3 is 12.6 Å². The molecule has 11 heteroatoms. The molecular formula is C20H18F2N6O3. The first-order valence-corrected chi connectivity index (χ1v) is 9.32. The number of nitrogens with one attached hydrogen (secondary N) is 1. The van der Waals surface area contributed by atoms with Crippen molar-refractivity contribution in [2.45, 2.75) is 32.5 Å². The van der Waals surface area contributed by atoms with E-state index >= 15 is 0 Å². The highest BCUT2D eigenvalue weighted by molar-refractivity contribution is 6.07. The van der Waals surface area contributed by atoms with E-state index in [4.69, 9.17) is 0 Å². The predicted octanol–water partition coefficient (Wildman–Crippen LogP) is 2.54. The van der Waals surface area contributed by atoms with Crippen LogP contribution in [0.25, 0.3) is 5.69 Å². The Kier molecular flexibility index (Phi) is 5.09. The number of imide groups is 1. The minimum absolute atomic E-state index is 0.0172. The predicted molar refractivity (Wildman–Crippen MR) is 103 cm³/mol. The van der Waals surface area contributed by atoms with Crippen LogP contribution < -0.4 is 10.1 Å². The Bertz CT molecular complexity index is 1130. The Morgan fingerprint density at radius 2 is 1.84 bits per heavy atom. The maximum atomic E-state index is 13.2. The van der Waals surface area contributed by atoms with Crippen molar-refractivity contribution in [3.63, 3.8) is 0 Å². The minimum Gasteiger partial charge on any atom is -0.435 e. The maximum Gasteiger partial charge on any atom is 0.387 e. The quantitative estimate of drug-likeness (QED) is 0.606. The van der Waals surface area contributed by atoms with Gasteiger partial charge < -0.3 is 10.1 Å². The summed E-state index contributed by atoms with van der Waals surface area (Å²) in [6, 6.07) is 12.4. The second kappa shape index (κ2) is 7.74. The minimum atomic E-state index is -2.93. The van der Waals surface area contributed by atoms with Gasteiger partial charge in [-0.3, -0.25) is 9.69 Å². The van der Waals surface area contributed by atoms with Gasteiger partial charge in [-0.05, 0) is 59.7 Å². The van der Waals surface area contributed by atoms with E-state index in [2.05, 4.69) is 25.6 Å². The number of hydrogen-bond donors (Lipinski definition) is 1. The molecule has 0 bridgehead atoms. The van der Waals surface area contributed by atoms with Crippen molar-refractivity contribution in [3.8, 4) is 11.4 Å². The standard InChI is InChI=1S/C20H18F2N6O3/c1-12-5-3-4-6-15(12)20(2)17(29)27(19(30)23-20)11-16-24-25-26-28(16)13-7-9-14(10-8-13)31-18(21)22/h3-10,18H,11H2,1-2H3,(H,23,30). The Balaban J connectivity index is 1.58. The zero-order chi connectivity index (χ0) is 22.2. The van der Waals surface area contributed by atoms with E-state index in [1.807, 2.05) is 19.1 Å². The number of tetrazole rings is 1. The van der Waals surface area contributed by atoms with Gasteiger partial charge in [0, 0.05) is 0 Å². The lowest BCUT2D eigenvalue weighted by molar-refractivity contribution is -0.131. The van der Waals surface area contributed by atoms with Gasteiger partial charge in [-0.15, -0.1) is 5.10 Å². The molecule has 1 fully saturated rings. The number of carbonyl (C=O) groups is 2. The van der Waals surface area contributed by atoms with Crippen LogP contribution in [-0.2, 0) is 16.9 Å². The molecule has 9 nitrogen and oxygen atoms in total. The lowest BCUT2D eigenvalue weighted by Crippen LogP contribution is -2.41. The van der Waals surface area contributed by atoms with E-state index in [1.54, 1.807) is 19.1 Å². The normalized spacial score (nSPS) is 18.5. The molecule has 1 atom stereocenters. The topological polar surface area (TPSA) is 102 Å². The Hall–Kier alpha value is -3.89. The number of benzene rings is 2. The molecular weight excluding hydrogens is 410 g/mol. The molecule has 2 heterocycles. The third-order valence-corrected chi connectivity index (χ3v) is 5.10. The highest BCUT2D eigenvalue weighted by Gasteiger charge is 2.49. The Morgan fingerprint density at radius 1 is 1.13 bits per heavy atom. The number of urea groups is 1. The molecule has 3 amide bonds. The third-order valence-electron chi connectivity index (χ3n) is 5.10. The summed E-state index contributed by atoms with van der Waals surface area (Å²) in [6.07, 6.45) is 0. The van der Waals surface area contributed by atoms with Gasteiger partial charge in [0.2, 0.25) is 0 Å². The van der Waals surface area contributed by atoms with Crippen LogP contribution in [0.4, 0.5) is 13.6 Å². The third kappa shape index (κ3) is 3.69. The molecule has 1 aromatic heterocycles. The SMILES string of the molecule is Cc1ccccc1C1(C)NC(=O)N(Cc2nnnn2-c2ccc(OC(F)F)cc2)C1=O. The number of carbonyl (C=O) groups excluding carboxylic acids is 2. The molecule has 31 heavy (non-hydrogen) atoms. The molecule has 1 aliphatic heterocycles. The number of aryl methyl sites for hydroxylation is 1. The molecule has 1 aliphatic rings. The summed E-state index contributed by atoms with van der Waals surface area (Å²) in [7, 11) is 0. The number of hydrogen-bond acceptors (Lipinski definition) is 6. The summed E-state index contributed by atoms with van der Waals surface area (Å²) in [5.74, 6) is -0.224. The number of nitrogens with zero attached hydrogens (tertiary/aromatic N) is 5. The van der Waals surface area contributed by atoms with Crippen molar-refractivity contribution in [3.05, 3.63) is 65.5 Å². The monoisotopic (exact) mass is 428 g/mol. The van der Waals surface area contributed by atoms with E-state index < -0.39 is 24.1 Å². The highest BCUT2D eigenvalue weighted by atomic mass is 19.3. The first-order valence-electron chi connectivity index (χ1n) is 9.32. The summed E-state index contributed by atoms with van der Waals surface area (Å²) in [4.78, 5) is 26.9. The molecule has 0 aliphatic carbocycles. The molecule has 0 spiro atoms. The molecule has 2 aromatic carbocycles. The van der Waals surface area contributed by atoms with Gasteiger partial charge in [0.05, 0.1) is 12.2 Å². The van der Waals surface area contributed by atoms with Crippen LogP contribution in [-0.4, -0.2) is 43.7 Å². The average molecular weight is 428 g/mol. The van der Waals surface area contributed by atoms with E-state index in [9.17, 15) is 18.4 Å². The van der Waals surface area contributed by atoms with Gasteiger partial charge in [-0.1, -0.05) is 24.3 Å². The largest absolute Gasteiger partial charge is 0.435 e. The average Bonchev–Trinajstić information content (AvgIpc) is 3.27. The van der Waals surface area contributed by atoms with E-state index in [0.717, 1.165) is 10.5 Å². The Morgan fingerprint density at radius 3 is 2.52 bits per heavy atom. The molecule has 0 saturated carbocycles. The second-order valence-corrected chi connectivity index (χ2v) is 7.14. The lowest BCUT2D eigenvalue weighted by Gasteiger charge is -2.24. The summed E-state index contributed by atoms with van der Waals surface area (Å²) >= 11 is 0. The molecule has 1 saturated heterocycles. The molecule has 1 unspecified atom stereocenters. The smallest absolute Gasteiger partial charge is 0.387 e. The van der Waals surface area contributed by atoms with Gasteiger partial charge in [0.1, 0.15) is 11.3 Å². The van der Waals surface area contributed by atoms with Crippen molar-refractivity contribution in [1.82, 2.24) is 30.4 Å². The van der Waals surface area contributed by atoms with Gasteiger partial charge in [0.15, 0.2) is 5.82 Å².